The first-order valence-corrected chi connectivity index (χ1v) is 8.74. The highest BCUT2D eigenvalue weighted by molar-refractivity contribution is 5.91. The van der Waals surface area contributed by atoms with E-state index < -0.39 is 0 Å². The van der Waals surface area contributed by atoms with E-state index >= 15 is 0 Å². The van der Waals surface area contributed by atoms with Gasteiger partial charge in [0.1, 0.15) is 0 Å². The zero-order valence-electron chi connectivity index (χ0n) is 14.2. The van der Waals surface area contributed by atoms with Crippen LogP contribution in [0.5, 0.6) is 0 Å². The lowest BCUT2D eigenvalue weighted by atomic mass is 10.0. The molecular weight excluding hydrogens is 302 g/mol. The number of para-hydroxylation sites is 1. The van der Waals surface area contributed by atoms with Crippen LogP contribution in [-0.2, 0) is 0 Å². The number of carbonyl (C=O) groups excluding carboxylic acids is 1. The van der Waals surface area contributed by atoms with Crippen molar-refractivity contribution in [3.05, 3.63) is 42.2 Å². The van der Waals surface area contributed by atoms with E-state index in [1.165, 1.54) is 36.8 Å². The summed E-state index contributed by atoms with van der Waals surface area (Å²) in [6, 6.07) is 10.2. The lowest BCUT2D eigenvalue weighted by molar-refractivity contribution is 0.0943. The van der Waals surface area contributed by atoms with E-state index in [2.05, 4.69) is 27.3 Å². The van der Waals surface area contributed by atoms with E-state index in [0.29, 0.717) is 18.3 Å². The van der Waals surface area contributed by atoms with Gasteiger partial charge in [-0.2, -0.15) is 9.90 Å². The Hall–Kier alpha value is -2.21. The summed E-state index contributed by atoms with van der Waals surface area (Å²) in [5.74, 6) is -0.163. The zero-order chi connectivity index (χ0) is 16.8. The Bertz CT molecular complexity index is 654. The number of aromatic nitrogens is 3. The van der Waals surface area contributed by atoms with Gasteiger partial charge in [0.25, 0.3) is 5.91 Å². The summed E-state index contributed by atoms with van der Waals surface area (Å²) in [7, 11) is 0. The molecule has 0 aliphatic carbocycles. The van der Waals surface area contributed by atoms with Crippen molar-refractivity contribution in [3.63, 3.8) is 0 Å². The number of hydrogen-bond donors (Lipinski definition) is 1. The molecule has 1 N–H and O–H groups in total. The minimum absolute atomic E-state index is 0.163. The van der Waals surface area contributed by atoms with Gasteiger partial charge in [0, 0.05) is 19.1 Å². The molecule has 1 amide bonds. The van der Waals surface area contributed by atoms with Crippen molar-refractivity contribution in [2.75, 3.05) is 19.6 Å². The quantitative estimate of drug-likeness (QED) is 0.827. The van der Waals surface area contributed by atoms with E-state index in [1.54, 1.807) is 0 Å². The Morgan fingerprint density at radius 2 is 2.12 bits per heavy atom. The second-order valence-electron chi connectivity index (χ2n) is 6.35. The summed E-state index contributed by atoms with van der Waals surface area (Å²) in [5, 5.41) is 11.3. The van der Waals surface area contributed by atoms with Gasteiger partial charge in [-0.1, -0.05) is 24.6 Å². The van der Waals surface area contributed by atoms with Crippen molar-refractivity contribution in [2.24, 2.45) is 0 Å². The van der Waals surface area contributed by atoms with Crippen molar-refractivity contribution < 1.29 is 4.79 Å². The fourth-order valence-electron chi connectivity index (χ4n) is 3.12. The van der Waals surface area contributed by atoms with Crippen molar-refractivity contribution in [2.45, 2.75) is 38.6 Å². The van der Waals surface area contributed by atoms with Crippen LogP contribution in [0.25, 0.3) is 5.69 Å². The molecule has 1 aromatic carbocycles. The van der Waals surface area contributed by atoms with Crippen molar-refractivity contribution in [1.82, 2.24) is 25.2 Å². The molecule has 1 aromatic heterocycles. The Morgan fingerprint density at radius 1 is 1.29 bits per heavy atom. The number of likely N-dealkylation sites (tertiary alicyclic amines) is 1. The lowest BCUT2D eigenvalue weighted by Crippen LogP contribution is -2.39. The standard InChI is InChI=1S/C18H25N5O/c1-15-8-5-6-12-22(15)13-7-11-19-18(24)17-14-20-23(21-17)16-9-3-2-4-10-16/h2-4,9-10,14-15H,5-8,11-13H2,1H3,(H,19,24). The number of hydrogen-bond acceptors (Lipinski definition) is 4. The van der Waals surface area contributed by atoms with Crippen LogP contribution in [0.3, 0.4) is 0 Å². The molecule has 6 heteroatoms. The van der Waals surface area contributed by atoms with Gasteiger partial charge >= 0.3 is 0 Å². The summed E-state index contributed by atoms with van der Waals surface area (Å²) in [6.07, 6.45) is 6.39. The SMILES string of the molecule is CC1CCCCN1CCCNC(=O)c1cnn(-c2ccccc2)n1. The van der Waals surface area contributed by atoms with Gasteiger partial charge in [-0.05, 0) is 44.9 Å². The van der Waals surface area contributed by atoms with Crippen LogP contribution in [0, 0.1) is 0 Å². The maximum absolute atomic E-state index is 12.2. The fraction of sp³-hybridized carbons (Fsp3) is 0.500. The third-order valence-electron chi connectivity index (χ3n) is 4.56. The third-order valence-corrected chi connectivity index (χ3v) is 4.56. The number of benzene rings is 1. The average molecular weight is 327 g/mol. The van der Waals surface area contributed by atoms with Gasteiger partial charge < -0.3 is 10.2 Å². The van der Waals surface area contributed by atoms with Gasteiger partial charge in [-0.25, -0.2) is 0 Å². The minimum Gasteiger partial charge on any atom is -0.351 e. The first kappa shape index (κ1) is 16.6. The van der Waals surface area contributed by atoms with Crippen LogP contribution in [0.15, 0.2) is 36.5 Å². The molecule has 0 saturated carbocycles. The number of amides is 1. The summed E-state index contributed by atoms with van der Waals surface area (Å²) in [6.45, 7) is 5.18. The second kappa shape index (κ2) is 8.06. The maximum Gasteiger partial charge on any atom is 0.273 e. The minimum atomic E-state index is -0.163. The first-order valence-electron chi connectivity index (χ1n) is 8.74. The molecule has 128 valence electrons. The van der Waals surface area contributed by atoms with E-state index in [4.69, 9.17) is 0 Å². The van der Waals surface area contributed by atoms with Gasteiger partial charge in [-0.3, -0.25) is 4.79 Å². The molecule has 1 aliphatic rings. The monoisotopic (exact) mass is 327 g/mol. The molecule has 1 atom stereocenters. The van der Waals surface area contributed by atoms with Crippen LogP contribution in [0.2, 0.25) is 0 Å². The van der Waals surface area contributed by atoms with Gasteiger partial charge in [0.05, 0.1) is 11.9 Å². The Morgan fingerprint density at radius 3 is 2.92 bits per heavy atom. The predicted octanol–water partition coefficient (Wildman–Crippen LogP) is 2.26. The van der Waals surface area contributed by atoms with Gasteiger partial charge in [-0.15, -0.1) is 5.10 Å². The van der Waals surface area contributed by atoms with E-state index in [0.717, 1.165) is 18.7 Å². The van der Waals surface area contributed by atoms with Crippen molar-refractivity contribution in [1.29, 1.82) is 0 Å². The third kappa shape index (κ3) is 4.20. The zero-order valence-corrected chi connectivity index (χ0v) is 14.2. The molecule has 0 radical (unpaired) electrons. The molecule has 1 aliphatic heterocycles. The summed E-state index contributed by atoms with van der Waals surface area (Å²) in [4.78, 5) is 16.2. The first-order chi connectivity index (χ1) is 11.7. The molecule has 3 rings (SSSR count). The molecule has 24 heavy (non-hydrogen) atoms. The highest BCUT2D eigenvalue weighted by Gasteiger charge is 2.17. The highest BCUT2D eigenvalue weighted by atomic mass is 16.2. The summed E-state index contributed by atoms with van der Waals surface area (Å²) >= 11 is 0. The van der Waals surface area contributed by atoms with Gasteiger partial charge in [0.2, 0.25) is 0 Å². The van der Waals surface area contributed by atoms with Crippen LogP contribution < -0.4 is 5.32 Å². The number of nitrogens with zero attached hydrogens (tertiary/aromatic N) is 4. The molecule has 1 fully saturated rings. The average Bonchev–Trinajstić information content (AvgIpc) is 3.11. The number of nitrogens with one attached hydrogen (secondary N) is 1. The van der Waals surface area contributed by atoms with Crippen LogP contribution in [0.1, 0.15) is 43.1 Å². The van der Waals surface area contributed by atoms with Crippen LogP contribution >= 0.6 is 0 Å². The van der Waals surface area contributed by atoms with Crippen LogP contribution in [0.4, 0.5) is 0 Å². The van der Waals surface area contributed by atoms with Crippen molar-refractivity contribution in [3.8, 4) is 5.69 Å². The van der Waals surface area contributed by atoms with Crippen molar-refractivity contribution >= 4 is 5.91 Å². The smallest absolute Gasteiger partial charge is 0.273 e. The Balaban J connectivity index is 1.45. The normalized spacial score (nSPS) is 18.5. The molecule has 1 saturated heterocycles. The summed E-state index contributed by atoms with van der Waals surface area (Å²) in [5.41, 5.74) is 1.20. The number of piperidine rings is 1. The molecule has 0 spiro atoms. The lowest BCUT2D eigenvalue weighted by Gasteiger charge is -2.33. The molecule has 6 nitrogen and oxygen atoms in total. The van der Waals surface area contributed by atoms with Crippen LogP contribution in [-0.4, -0.2) is 51.5 Å². The Labute approximate surface area is 142 Å². The summed E-state index contributed by atoms with van der Waals surface area (Å²) < 4.78 is 0. The van der Waals surface area contributed by atoms with E-state index in [-0.39, 0.29) is 5.91 Å². The Kier molecular flexibility index (Phi) is 5.59. The predicted molar refractivity (Wildman–Crippen MR) is 93.2 cm³/mol. The highest BCUT2D eigenvalue weighted by Crippen LogP contribution is 2.16. The molecule has 2 aromatic rings. The van der Waals surface area contributed by atoms with E-state index in [1.807, 2.05) is 30.3 Å². The molecular formula is C18H25N5O. The molecule has 2 heterocycles. The molecule has 0 bridgehead atoms. The number of carbonyl (C=O) groups is 1. The molecule has 1 unspecified atom stereocenters. The maximum atomic E-state index is 12.2. The van der Waals surface area contributed by atoms with Gasteiger partial charge in [0.15, 0.2) is 5.69 Å². The fourth-order valence-corrected chi connectivity index (χ4v) is 3.12. The topological polar surface area (TPSA) is 63.1 Å². The second-order valence-corrected chi connectivity index (χ2v) is 6.35. The largest absolute Gasteiger partial charge is 0.351 e. The van der Waals surface area contributed by atoms with E-state index in [9.17, 15) is 4.79 Å². The number of rotatable bonds is 6.